The fourth-order valence-corrected chi connectivity index (χ4v) is 3.61. The summed E-state index contributed by atoms with van der Waals surface area (Å²) in [6.07, 6.45) is 0. The smallest absolute Gasteiger partial charge is 0.268 e. The van der Waals surface area contributed by atoms with E-state index in [1.807, 2.05) is 54.6 Å². The molecule has 0 atom stereocenters. The second-order valence-electron chi connectivity index (χ2n) is 6.93. The number of hydrogen-bond donors (Lipinski definition) is 0. The van der Waals surface area contributed by atoms with Crippen LogP contribution in [0.1, 0.15) is 0 Å². The molecule has 5 rings (SSSR count). The Kier molecular flexibility index (Phi) is 4.10. The van der Waals surface area contributed by atoms with Crippen molar-refractivity contribution >= 4 is 27.4 Å². The Labute approximate surface area is 170 Å². The lowest BCUT2D eigenvalue weighted by Crippen LogP contribution is -2.22. The zero-order valence-electron chi connectivity index (χ0n) is 15.7. The number of aromatic nitrogens is 2. The van der Waals surface area contributed by atoms with Gasteiger partial charge in [-0.05, 0) is 47.2 Å². The largest absolute Gasteiger partial charge is 0.269 e. The van der Waals surface area contributed by atoms with E-state index in [0.717, 1.165) is 10.8 Å². The third kappa shape index (κ3) is 2.91. The normalized spacial score (nSPS) is 11.1. The van der Waals surface area contributed by atoms with Crippen molar-refractivity contribution in [1.82, 2.24) is 9.55 Å². The molecular weight excluding hydrogens is 378 g/mol. The molecule has 0 aliphatic heterocycles. The summed E-state index contributed by atoms with van der Waals surface area (Å²) >= 11 is 0. The summed E-state index contributed by atoms with van der Waals surface area (Å²) in [4.78, 5) is 28.8. The van der Waals surface area contributed by atoms with Gasteiger partial charge in [0.25, 0.3) is 11.2 Å². The Morgan fingerprint density at radius 1 is 0.800 bits per heavy atom. The molecule has 6 heteroatoms. The topological polar surface area (TPSA) is 78.0 Å². The van der Waals surface area contributed by atoms with Crippen LogP contribution in [-0.2, 0) is 0 Å². The molecule has 5 aromatic rings. The summed E-state index contributed by atoms with van der Waals surface area (Å²) in [5.74, 6) is 0.434. The van der Waals surface area contributed by atoms with E-state index >= 15 is 0 Å². The average molecular weight is 393 g/mol. The number of non-ortho nitro benzene ring substituents is 1. The lowest BCUT2D eigenvalue weighted by Gasteiger charge is -2.14. The highest BCUT2D eigenvalue weighted by atomic mass is 16.6. The number of nitro benzene ring substituents is 1. The minimum absolute atomic E-state index is 0.0147. The van der Waals surface area contributed by atoms with Crippen LogP contribution in [-0.4, -0.2) is 14.5 Å². The van der Waals surface area contributed by atoms with Gasteiger partial charge in [-0.1, -0.05) is 42.5 Å². The van der Waals surface area contributed by atoms with Gasteiger partial charge in [-0.3, -0.25) is 19.5 Å². The summed E-state index contributed by atoms with van der Waals surface area (Å²) in [5, 5.41) is 13.6. The van der Waals surface area contributed by atoms with Crippen molar-refractivity contribution in [3.05, 3.63) is 111 Å². The lowest BCUT2D eigenvalue weighted by atomic mass is 10.1. The van der Waals surface area contributed by atoms with E-state index in [1.54, 1.807) is 28.8 Å². The summed E-state index contributed by atoms with van der Waals surface area (Å²) in [7, 11) is 0. The van der Waals surface area contributed by atoms with Gasteiger partial charge in [0.05, 0.1) is 21.5 Å². The van der Waals surface area contributed by atoms with E-state index in [4.69, 9.17) is 4.98 Å². The van der Waals surface area contributed by atoms with Crippen LogP contribution in [0.25, 0.3) is 38.8 Å². The van der Waals surface area contributed by atoms with Crippen molar-refractivity contribution in [2.75, 3.05) is 0 Å². The average Bonchev–Trinajstić information content (AvgIpc) is 2.79. The first-order valence-electron chi connectivity index (χ1n) is 9.38. The van der Waals surface area contributed by atoms with Gasteiger partial charge in [-0.15, -0.1) is 0 Å². The number of rotatable bonds is 3. The molecule has 0 saturated heterocycles. The molecule has 1 heterocycles. The third-order valence-electron chi connectivity index (χ3n) is 5.10. The van der Waals surface area contributed by atoms with Crippen molar-refractivity contribution in [3.8, 4) is 17.1 Å². The molecule has 6 nitrogen and oxygen atoms in total. The van der Waals surface area contributed by atoms with Crippen LogP contribution in [0, 0.1) is 10.1 Å². The third-order valence-corrected chi connectivity index (χ3v) is 5.10. The van der Waals surface area contributed by atoms with Crippen LogP contribution in [0.4, 0.5) is 5.69 Å². The molecule has 0 aliphatic carbocycles. The van der Waals surface area contributed by atoms with Gasteiger partial charge in [0.15, 0.2) is 0 Å². The summed E-state index contributed by atoms with van der Waals surface area (Å²) in [6, 6.07) is 27.0. The standard InChI is InChI=1S/C24H15N3O3/c28-24-21-7-3-4-8-22(21)25-23(17-10-12-19(13-11-17)27(29)30)26(24)20-14-9-16-5-1-2-6-18(16)15-20/h1-15H. The second kappa shape index (κ2) is 6.93. The van der Waals surface area contributed by atoms with Gasteiger partial charge in [0.2, 0.25) is 0 Å². The van der Waals surface area contributed by atoms with Crippen LogP contribution < -0.4 is 5.56 Å². The van der Waals surface area contributed by atoms with E-state index in [1.165, 1.54) is 12.1 Å². The fourth-order valence-electron chi connectivity index (χ4n) is 3.61. The van der Waals surface area contributed by atoms with E-state index in [0.29, 0.717) is 28.0 Å². The minimum Gasteiger partial charge on any atom is -0.268 e. The highest BCUT2D eigenvalue weighted by Gasteiger charge is 2.16. The predicted molar refractivity (Wildman–Crippen MR) is 117 cm³/mol. The Balaban J connectivity index is 1.82. The monoisotopic (exact) mass is 393 g/mol. The zero-order chi connectivity index (χ0) is 20.7. The molecule has 0 fully saturated rings. The molecule has 0 aliphatic rings. The number of benzene rings is 4. The molecule has 0 unspecified atom stereocenters. The maximum atomic E-state index is 13.4. The Bertz CT molecular complexity index is 1490. The van der Waals surface area contributed by atoms with Gasteiger partial charge < -0.3 is 0 Å². The van der Waals surface area contributed by atoms with Gasteiger partial charge in [-0.25, -0.2) is 4.98 Å². The molecule has 0 saturated carbocycles. The van der Waals surface area contributed by atoms with E-state index in [2.05, 4.69) is 0 Å². The highest BCUT2D eigenvalue weighted by Crippen LogP contribution is 2.26. The van der Waals surface area contributed by atoms with Gasteiger partial charge >= 0.3 is 0 Å². The van der Waals surface area contributed by atoms with Crippen LogP contribution >= 0.6 is 0 Å². The number of nitro groups is 1. The quantitative estimate of drug-likeness (QED) is 0.315. The Morgan fingerprint density at radius 2 is 1.50 bits per heavy atom. The first-order chi connectivity index (χ1) is 14.6. The van der Waals surface area contributed by atoms with E-state index < -0.39 is 4.92 Å². The summed E-state index contributed by atoms with van der Waals surface area (Å²) < 4.78 is 1.57. The first kappa shape index (κ1) is 17.8. The molecule has 0 N–H and O–H groups in total. The number of para-hydroxylation sites is 1. The maximum absolute atomic E-state index is 13.4. The van der Waals surface area contributed by atoms with E-state index in [9.17, 15) is 14.9 Å². The SMILES string of the molecule is O=c1c2ccccc2nc(-c2ccc([N+](=O)[O-])cc2)n1-c1ccc2ccccc2c1. The van der Waals surface area contributed by atoms with E-state index in [-0.39, 0.29) is 11.2 Å². The highest BCUT2D eigenvalue weighted by molar-refractivity contribution is 5.85. The first-order valence-corrected chi connectivity index (χ1v) is 9.38. The van der Waals surface area contributed by atoms with Crippen molar-refractivity contribution in [1.29, 1.82) is 0 Å². The minimum atomic E-state index is -0.450. The Hall–Kier alpha value is -4.32. The fraction of sp³-hybridized carbons (Fsp3) is 0. The zero-order valence-corrected chi connectivity index (χ0v) is 15.7. The molecule has 30 heavy (non-hydrogen) atoms. The number of nitrogens with zero attached hydrogens (tertiary/aromatic N) is 3. The molecule has 4 aromatic carbocycles. The Morgan fingerprint density at radius 3 is 2.27 bits per heavy atom. The van der Waals surface area contributed by atoms with Crippen molar-refractivity contribution in [2.45, 2.75) is 0 Å². The number of fused-ring (bicyclic) bond motifs is 2. The van der Waals surface area contributed by atoms with Crippen LogP contribution in [0.3, 0.4) is 0 Å². The molecule has 0 amide bonds. The lowest BCUT2D eigenvalue weighted by molar-refractivity contribution is -0.384. The molecule has 0 bridgehead atoms. The number of hydrogen-bond acceptors (Lipinski definition) is 4. The second-order valence-corrected chi connectivity index (χ2v) is 6.93. The molecular formula is C24H15N3O3. The van der Waals surface area contributed by atoms with Crippen molar-refractivity contribution < 1.29 is 4.92 Å². The van der Waals surface area contributed by atoms with Crippen molar-refractivity contribution in [2.24, 2.45) is 0 Å². The summed E-state index contributed by atoms with van der Waals surface area (Å²) in [5.41, 5.74) is 1.68. The predicted octanol–water partition coefficient (Wildman–Crippen LogP) is 5.11. The van der Waals surface area contributed by atoms with Crippen molar-refractivity contribution in [3.63, 3.8) is 0 Å². The van der Waals surface area contributed by atoms with Gasteiger partial charge in [-0.2, -0.15) is 0 Å². The van der Waals surface area contributed by atoms with Crippen LogP contribution in [0.2, 0.25) is 0 Å². The summed E-state index contributed by atoms with van der Waals surface area (Å²) in [6.45, 7) is 0. The molecule has 144 valence electrons. The molecule has 0 spiro atoms. The van der Waals surface area contributed by atoms with Crippen LogP contribution in [0.5, 0.6) is 0 Å². The maximum Gasteiger partial charge on any atom is 0.269 e. The molecule has 0 radical (unpaired) electrons. The van der Waals surface area contributed by atoms with Gasteiger partial charge in [0.1, 0.15) is 5.82 Å². The molecule has 1 aromatic heterocycles. The van der Waals surface area contributed by atoms with Gasteiger partial charge in [0, 0.05) is 17.7 Å². The van der Waals surface area contributed by atoms with Crippen LogP contribution in [0.15, 0.2) is 95.8 Å².